The lowest BCUT2D eigenvalue weighted by Crippen LogP contribution is -2.42. The molecule has 1 aliphatic heterocycles. The highest BCUT2D eigenvalue weighted by Crippen LogP contribution is 2.37. The van der Waals surface area contributed by atoms with Crippen molar-refractivity contribution in [2.45, 2.75) is 45.1 Å². The summed E-state index contributed by atoms with van der Waals surface area (Å²) in [6.45, 7) is 4.85. The third-order valence-corrected chi connectivity index (χ3v) is 5.84. The van der Waals surface area contributed by atoms with Crippen molar-refractivity contribution < 1.29 is 14.3 Å². The molecule has 3 rings (SSSR count). The molecule has 2 aliphatic rings. The maximum absolute atomic E-state index is 12.5. The minimum absolute atomic E-state index is 0.127. The van der Waals surface area contributed by atoms with Crippen molar-refractivity contribution in [3.63, 3.8) is 0 Å². The number of nitrogens with one attached hydrogen (secondary N) is 1. The first-order chi connectivity index (χ1) is 12.6. The fraction of sp³-hybridized carbons (Fsp3) is 0.667. The van der Waals surface area contributed by atoms with E-state index in [-0.39, 0.29) is 17.9 Å². The number of carbonyl (C=O) groups is 1. The van der Waals surface area contributed by atoms with Gasteiger partial charge in [0, 0.05) is 12.5 Å². The van der Waals surface area contributed by atoms with Gasteiger partial charge in [0.1, 0.15) is 0 Å². The summed E-state index contributed by atoms with van der Waals surface area (Å²) in [4.78, 5) is 15.0. The standard InChI is InChI=1S/C21H32N2O3/c1-15(16-7-8-16)21(24)22-14-18(23-11-5-4-6-12-23)17-9-10-19(25-2)20(13-17)26-3/h9-10,13,15-16,18H,4-8,11-12,14H2,1-3H3,(H,22,24). The Morgan fingerprint density at radius 3 is 2.46 bits per heavy atom. The molecule has 26 heavy (non-hydrogen) atoms. The molecule has 1 N–H and O–H groups in total. The number of ether oxygens (including phenoxy) is 2. The van der Waals surface area contributed by atoms with Gasteiger partial charge in [-0.05, 0) is 62.4 Å². The van der Waals surface area contributed by atoms with Crippen molar-refractivity contribution in [1.82, 2.24) is 10.2 Å². The van der Waals surface area contributed by atoms with E-state index in [0.29, 0.717) is 12.5 Å². The number of hydrogen-bond acceptors (Lipinski definition) is 4. The first-order valence-electron chi connectivity index (χ1n) is 9.87. The fourth-order valence-corrected chi connectivity index (χ4v) is 3.92. The van der Waals surface area contributed by atoms with Gasteiger partial charge in [0.05, 0.1) is 20.3 Å². The van der Waals surface area contributed by atoms with Gasteiger partial charge in [0.2, 0.25) is 5.91 Å². The monoisotopic (exact) mass is 360 g/mol. The van der Waals surface area contributed by atoms with E-state index in [2.05, 4.69) is 29.3 Å². The van der Waals surface area contributed by atoms with E-state index in [1.807, 2.05) is 6.07 Å². The van der Waals surface area contributed by atoms with Crippen LogP contribution in [0.5, 0.6) is 11.5 Å². The molecule has 5 nitrogen and oxygen atoms in total. The number of benzene rings is 1. The molecule has 1 amide bonds. The van der Waals surface area contributed by atoms with Crippen LogP contribution in [0.2, 0.25) is 0 Å². The third-order valence-electron chi connectivity index (χ3n) is 5.84. The summed E-state index contributed by atoms with van der Waals surface area (Å²) < 4.78 is 10.9. The number of hydrogen-bond donors (Lipinski definition) is 1. The Kier molecular flexibility index (Phi) is 6.41. The number of nitrogens with zero attached hydrogens (tertiary/aromatic N) is 1. The zero-order valence-electron chi connectivity index (χ0n) is 16.3. The van der Waals surface area contributed by atoms with Gasteiger partial charge >= 0.3 is 0 Å². The summed E-state index contributed by atoms with van der Waals surface area (Å²) in [7, 11) is 3.32. The summed E-state index contributed by atoms with van der Waals surface area (Å²) in [5, 5.41) is 3.21. The zero-order chi connectivity index (χ0) is 18.5. The van der Waals surface area contributed by atoms with Crippen molar-refractivity contribution in [3.8, 4) is 11.5 Å². The molecule has 0 radical (unpaired) electrons. The van der Waals surface area contributed by atoms with Gasteiger partial charge in [-0.15, -0.1) is 0 Å². The SMILES string of the molecule is COc1ccc(C(CNC(=O)C(C)C2CC2)N2CCCCC2)cc1OC. The average Bonchev–Trinajstić information content (AvgIpc) is 3.53. The maximum Gasteiger partial charge on any atom is 0.223 e. The highest BCUT2D eigenvalue weighted by atomic mass is 16.5. The fourth-order valence-electron chi connectivity index (χ4n) is 3.92. The van der Waals surface area contributed by atoms with Crippen molar-refractivity contribution in [2.24, 2.45) is 11.8 Å². The van der Waals surface area contributed by atoms with E-state index in [1.165, 1.54) is 37.7 Å². The Hall–Kier alpha value is -1.75. The Labute approximate surface area is 157 Å². The molecule has 1 aliphatic carbocycles. The third kappa shape index (κ3) is 4.50. The summed E-state index contributed by atoms with van der Waals surface area (Å²) in [5.74, 6) is 2.38. The van der Waals surface area contributed by atoms with Crippen LogP contribution in [0.1, 0.15) is 50.6 Å². The van der Waals surface area contributed by atoms with Gasteiger partial charge in [-0.2, -0.15) is 0 Å². The topological polar surface area (TPSA) is 50.8 Å². The molecule has 2 atom stereocenters. The Balaban J connectivity index is 1.75. The van der Waals surface area contributed by atoms with Crippen LogP contribution in [0, 0.1) is 11.8 Å². The van der Waals surface area contributed by atoms with Gasteiger partial charge < -0.3 is 14.8 Å². The molecular weight excluding hydrogens is 328 g/mol. The molecule has 2 fully saturated rings. The lowest BCUT2D eigenvalue weighted by Gasteiger charge is -2.35. The number of carbonyl (C=O) groups excluding carboxylic acids is 1. The van der Waals surface area contributed by atoms with E-state index >= 15 is 0 Å². The molecule has 1 saturated carbocycles. The predicted octanol–water partition coefficient (Wildman–Crippen LogP) is 3.39. The van der Waals surface area contributed by atoms with Gasteiger partial charge in [-0.1, -0.05) is 19.4 Å². The highest BCUT2D eigenvalue weighted by Gasteiger charge is 2.33. The van der Waals surface area contributed by atoms with E-state index < -0.39 is 0 Å². The van der Waals surface area contributed by atoms with Crippen LogP contribution in [0.3, 0.4) is 0 Å². The minimum atomic E-state index is 0.127. The van der Waals surface area contributed by atoms with Crippen LogP contribution in [0.25, 0.3) is 0 Å². The van der Waals surface area contributed by atoms with Gasteiger partial charge in [-0.3, -0.25) is 9.69 Å². The second-order valence-corrected chi connectivity index (χ2v) is 7.60. The number of methoxy groups -OCH3 is 2. The van der Waals surface area contributed by atoms with E-state index in [1.54, 1.807) is 14.2 Å². The Morgan fingerprint density at radius 1 is 1.15 bits per heavy atom. The zero-order valence-corrected chi connectivity index (χ0v) is 16.3. The minimum Gasteiger partial charge on any atom is -0.493 e. The summed E-state index contributed by atoms with van der Waals surface area (Å²) >= 11 is 0. The Morgan fingerprint density at radius 2 is 1.85 bits per heavy atom. The van der Waals surface area contributed by atoms with E-state index in [9.17, 15) is 4.79 Å². The van der Waals surface area contributed by atoms with Crippen LogP contribution < -0.4 is 14.8 Å². The van der Waals surface area contributed by atoms with Gasteiger partial charge in [0.15, 0.2) is 11.5 Å². The largest absolute Gasteiger partial charge is 0.493 e. The first-order valence-corrected chi connectivity index (χ1v) is 9.87. The molecule has 5 heteroatoms. The second kappa shape index (κ2) is 8.76. The Bertz CT molecular complexity index is 609. The average molecular weight is 360 g/mol. The molecular formula is C21H32N2O3. The summed E-state index contributed by atoms with van der Waals surface area (Å²) in [5.41, 5.74) is 1.17. The molecule has 144 valence electrons. The van der Waals surface area contributed by atoms with Crippen molar-refractivity contribution in [2.75, 3.05) is 33.9 Å². The number of amides is 1. The van der Waals surface area contributed by atoms with Crippen LogP contribution >= 0.6 is 0 Å². The van der Waals surface area contributed by atoms with Crippen LogP contribution in [-0.4, -0.2) is 44.7 Å². The molecule has 0 aromatic heterocycles. The summed E-state index contributed by atoms with van der Waals surface area (Å²) in [6, 6.07) is 6.27. The molecule has 2 unspecified atom stereocenters. The molecule has 1 aromatic rings. The van der Waals surface area contributed by atoms with Gasteiger partial charge in [0.25, 0.3) is 0 Å². The molecule has 0 bridgehead atoms. The first kappa shape index (κ1) is 19.0. The second-order valence-electron chi connectivity index (χ2n) is 7.60. The number of rotatable bonds is 8. The normalized spacial score (nSPS) is 20.3. The number of likely N-dealkylation sites (tertiary alicyclic amines) is 1. The molecule has 1 saturated heterocycles. The lowest BCUT2D eigenvalue weighted by molar-refractivity contribution is -0.125. The van der Waals surface area contributed by atoms with Crippen molar-refractivity contribution >= 4 is 5.91 Å². The molecule has 0 spiro atoms. The van der Waals surface area contributed by atoms with Gasteiger partial charge in [-0.25, -0.2) is 0 Å². The smallest absolute Gasteiger partial charge is 0.223 e. The van der Waals surface area contributed by atoms with E-state index in [4.69, 9.17) is 9.47 Å². The predicted molar refractivity (Wildman–Crippen MR) is 103 cm³/mol. The van der Waals surface area contributed by atoms with E-state index in [0.717, 1.165) is 24.6 Å². The number of piperidine rings is 1. The lowest BCUT2D eigenvalue weighted by atomic mass is 10.00. The maximum atomic E-state index is 12.5. The van der Waals surface area contributed by atoms with Crippen LogP contribution in [-0.2, 0) is 4.79 Å². The molecule has 1 heterocycles. The van der Waals surface area contributed by atoms with Crippen LogP contribution in [0.4, 0.5) is 0 Å². The van der Waals surface area contributed by atoms with Crippen molar-refractivity contribution in [1.29, 1.82) is 0 Å². The summed E-state index contributed by atoms with van der Waals surface area (Å²) in [6.07, 6.45) is 6.12. The van der Waals surface area contributed by atoms with Crippen LogP contribution in [0.15, 0.2) is 18.2 Å². The van der Waals surface area contributed by atoms with Crippen molar-refractivity contribution in [3.05, 3.63) is 23.8 Å². The quantitative estimate of drug-likeness (QED) is 0.772. The highest BCUT2D eigenvalue weighted by molar-refractivity contribution is 5.79. The molecule has 1 aromatic carbocycles.